The van der Waals surface area contributed by atoms with Crippen LogP contribution in [0.4, 0.5) is 0 Å². The molecule has 0 saturated heterocycles. The quantitative estimate of drug-likeness (QED) is 0.621. The molecule has 0 radical (unpaired) electrons. The molecule has 2 N–H and O–H groups in total. The van der Waals surface area contributed by atoms with Crippen molar-refractivity contribution in [1.82, 2.24) is 9.80 Å². The van der Waals surface area contributed by atoms with Gasteiger partial charge in [0.1, 0.15) is 5.72 Å². The Morgan fingerprint density at radius 1 is 1.22 bits per heavy atom. The van der Waals surface area contributed by atoms with Gasteiger partial charge in [0.05, 0.1) is 13.0 Å². The Morgan fingerprint density at radius 3 is 2.11 bits per heavy atom. The Hall–Kier alpha value is -1.14. The summed E-state index contributed by atoms with van der Waals surface area (Å²) in [4.78, 5) is 26.0. The molecular weight excluding hydrogens is 236 g/mol. The van der Waals surface area contributed by atoms with E-state index in [9.17, 15) is 14.7 Å². The zero-order valence-corrected chi connectivity index (χ0v) is 11.6. The first kappa shape index (κ1) is 16.9. The van der Waals surface area contributed by atoms with E-state index in [1.165, 1.54) is 23.6 Å². The predicted octanol–water partition coefficient (Wildman–Crippen LogP) is -0.206. The maximum Gasteiger partial charge on any atom is 0.227 e. The molecule has 0 aliphatic rings. The Kier molecular flexibility index (Phi) is 6.86. The van der Waals surface area contributed by atoms with Crippen molar-refractivity contribution < 1.29 is 19.8 Å². The van der Waals surface area contributed by atoms with Crippen molar-refractivity contribution in [1.29, 1.82) is 0 Å². The Morgan fingerprint density at radius 2 is 1.78 bits per heavy atom. The van der Waals surface area contributed by atoms with E-state index in [4.69, 9.17) is 5.11 Å². The predicted molar refractivity (Wildman–Crippen MR) is 67.6 cm³/mol. The number of nitrogens with zero attached hydrogens (tertiary/aromatic N) is 2. The van der Waals surface area contributed by atoms with Crippen LogP contribution in [0.1, 0.15) is 34.1 Å². The lowest BCUT2D eigenvalue weighted by molar-refractivity contribution is -0.161. The van der Waals surface area contributed by atoms with Gasteiger partial charge in [-0.3, -0.25) is 9.59 Å². The molecule has 1 atom stereocenters. The minimum absolute atomic E-state index is 0.119. The SMILES string of the molecule is CCN(CCO)C(=O)CC(C)(O)N(CC)C(C)=O. The van der Waals surface area contributed by atoms with Crippen LogP contribution >= 0.6 is 0 Å². The third-order valence-corrected chi connectivity index (χ3v) is 2.87. The van der Waals surface area contributed by atoms with E-state index in [1.807, 2.05) is 0 Å². The van der Waals surface area contributed by atoms with Crippen molar-refractivity contribution in [2.24, 2.45) is 0 Å². The van der Waals surface area contributed by atoms with Crippen molar-refractivity contribution in [3.63, 3.8) is 0 Å². The Balaban J connectivity index is 4.73. The van der Waals surface area contributed by atoms with Crippen LogP contribution in [0.5, 0.6) is 0 Å². The van der Waals surface area contributed by atoms with Crippen LogP contribution in [-0.4, -0.2) is 63.8 Å². The minimum atomic E-state index is -1.50. The van der Waals surface area contributed by atoms with Gasteiger partial charge in [-0.15, -0.1) is 0 Å². The summed E-state index contributed by atoms with van der Waals surface area (Å²) in [6.07, 6.45) is -0.172. The second kappa shape index (κ2) is 7.33. The number of carbonyl (C=O) groups excluding carboxylic acids is 2. The molecule has 106 valence electrons. The molecule has 18 heavy (non-hydrogen) atoms. The Bertz CT molecular complexity index is 292. The average molecular weight is 260 g/mol. The zero-order chi connectivity index (χ0) is 14.3. The summed E-state index contributed by atoms with van der Waals surface area (Å²) >= 11 is 0. The number of aliphatic hydroxyl groups is 2. The summed E-state index contributed by atoms with van der Waals surface area (Å²) in [6, 6.07) is 0. The molecule has 2 amide bonds. The van der Waals surface area contributed by atoms with Gasteiger partial charge in [-0.05, 0) is 20.8 Å². The van der Waals surface area contributed by atoms with Crippen LogP contribution in [0.25, 0.3) is 0 Å². The molecule has 0 aliphatic carbocycles. The van der Waals surface area contributed by atoms with E-state index in [-0.39, 0.29) is 31.4 Å². The number of rotatable bonds is 7. The number of hydrogen-bond donors (Lipinski definition) is 2. The smallest absolute Gasteiger partial charge is 0.227 e. The van der Waals surface area contributed by atoms with Crippen molar-refractivity contribution in [3.05, 3.63) is 0 Å². The van der Waals surface area contributed by atoms with Gasteiger partial charge < -0.3 is 20.0 Å². The molecule has 0 aromatic heterocycles. The van der Waals surface area contributed by atoms with Crippen molar-refractivity contribution in [3.8, 4) is 0 Å². The zero-order valence-electron chi connectivity index (χ0n) is 11.6. The molecule has 0 saturated carbocycles. The summed E-state index contributed by atoms with van der Waals surface area (Å²) in [5.74, 6) is -0.559. The van der Waals surface area contributed by atoms with Gasteiger partial charge in [-0.2, -0.15) is 0 Å². The molecule has 0 spiro atoms. The molecule has 0 aromatic rings. The van der Waals surface area contributed by atoms with Gasteiger partial charge >= 0.3 is 0 Å². The van der Waals surface area contributed by atoms with Gasteiger partial charge in [0.2, 0.25) is 11.8 Å². The van der Waals surface area contributed by atoms with E-state index in [2.05, 4.69) is 0 Å². The van der Waals surface area contributed by atoms with Crippen LogP contribution in [0.2, 0.25) is 0 Å². The van der Waals surface area contributed by atoms with Crippen LogP contribution in [0, 0.1) is 0 Å². The molecule has 0 aromatic carbocycles. The summed E-state index contributed by atoms with van der Waals surface area (Å²) < 4.78 is 0. The van der Waals surface area contributed by atoms with Crippen LogP contribution in [0.15, 0.2) is 0 Å². The van der Waals surface area contributed by atoms with E-state index < -0.39 is 5.72 Å². The summed E-state index contributed by atoms with van der Waals surface area (Å²) in [7, 11) is 0. The highest BCUT2D eigenvalue weighted by atomic mass is 16.3. The van der Waals surface area contributed by atoms with Crippen LogP contribution in [-0.2, 0) is 9.59 Å². The summed E-state index contributed by atoms with van der Waals surface area (Å²) in [5.41, 5.74) is -1.50. The van der Waals surface area contributed by atoms with Gasteiger partial charge in [-0.25, -0.2) is 0 Å². The minimum Gasteiger partial charge on any atom is -0.395 e. The second-order valence-electron chi connectivity index (χ2n) is 4.35. The number of aliphatic hydroxyl groups excluding tert-OH is 1. The number of hydrogen-bond acceptors (Lipinski definition) is 4. The van der Waals surface area contributed by atoms with Crippen molar-refractivity contribution >= 4 is 11.8 Å². The van der Waals surface area contributed by atoms with E-state index in [0.29, 0.717) is 13.1 Å². The lowest BCUT2D eigenvalue weighted by Crippen LogP contribution is -2.52. The molecule has 0 rings (SSSR count). The van der Waals surface area contributed by atoms with Gasteiger partial charge in [0.15, 0.2) is 0 Å². The molecule has 6 nitrogen and oxygen atoms in total. The van der Waals surface area contributed by atoms with Gasteiger partial charge in [0.25, 0.3) is 0 Å². The highest BCUT2D eigenvalue weighted by Gasteiger charge is 2.33. The molecule has 0 fully saturated rings. The lowest BCUT2D eigenvalue weighted by Gasteiger charge is -2.36. The largest absolute Gasteiger partial charge is 0.395 e. The third kappa shape index (κ3) is 4.62. The average Bonchev–Trinajstić information content (AvgIpc) is 2.24. The molecule has 0 bridgehead atoms. The standard InChI is InChI=1S/C12H24N2O4/c1-5-13(7-8-15)11(17)9-12(4,18)14(6-2)10(3)16/h15,18H,5-9H2,1-4H3. The van der Waals surface area contributed by atoms with Gasteiger partial charge in [-0.1, -0.05) is 0 Å². The van der Waals surface area contributed by atoms with Crippen molar-refractivity contribution in [2.45, 2.75) is 39.8 Å². The second-order valence-corrected chi connectivity index (χ2v) is 4.35. The molecular formula is C12H24N2O4. The summed E-state index contributed by atoms with van der Waals surface area (Å²) in [5, 5.41) is 19.1. The lowest BCUT2D eigenvalue weighted by atomic mass is 10.1. The fourth-order valence-electron chi connectivity index (χ4n) is 1.98. The highest BCUT2D eigenvalue weighted by molar-refractivity contribution is 5.79. The first-order valence-corrected chi connectivity index (χ1v) is 6.19. The van der Waals surface area contributed by atoms with E-state index in [1.54, 1.807) is 13.8 Å². The van der Waals surface area contributed by atoms with Gasteiger partial charge in [0, 0.05) is 26.6 Å². The number of likely N-dealkylation sites (N-methyl/N-ethyl adjacent to an activating group) is 1. The maximum absolute atomic E-state index is 11.9. The summed E-state index contributed by atoms with van der Waals surface area (Å²) in [6.45, 7) is 7.25. The fourth-order valence-corrected chi connectivity index (χ4v) is 1.98. The third-order valence-electron chi connectivity index (χ3n) is 2.87. The fraction of sp³-hybridized carbons (Fsp3) is 0.833. The van der Waals surface area contributed by atoms with Crippen molar-refractivity contribution in [2.75, 3.05) is 26.2 Å². The van der Waals surface area contributed by atoms with Crippen LogP contribution < -0.4 is 0 Å². The molecule has 1 unspecified atom stereocenters. The highest BCUT2D eigenvalue weighted by Crippen LogP contribution is 2.17. The van der Waals surface area contributed by atoms with Crippen LogP contribution in [0.3, 0.4) is 0 Å². The monoisotopic (exact) mass is 260 g/mol. The first-order valence-electron chi connectivity index (χ1n) is 6.19. The first-order chi connectivity index (χ1) is 8.30. The van der Waals surface area contributed by atoms with E-state index in [0.717, 1.165) is 0 Å². The normalized spacial score (nSPS) is 13.9. The van der Waals surface area contributed by atoms with E-state index >= 15 is 0 Å². The Labute approximate surface area is 108 Å². The number of carbonyl (C=O) groups is 2. The molecule has 0 aliphatic heterocycles. The molecule has 6 heteroatoms. The number of amides is 2. The maximum atomic E-state index is 11.9. The topological polar surface area (TPSA) is 81.1 Å². The molecule has 0 heterocycles.